The maximum absolute atomic E-state index is 12.2. The summed E-state index contributed by atoms with van der Waals surface area (Å²) >= 11 is 10.3. The van der Waals surface area contributed by atoms with Gasteiger partial charge >= 0.3 is 0 Å². The second-order valence-corrected chi connectivity index (χ2v) is 11.3. The first-order valence-electron chi connectivity index (χ1n) is 12.0. The molecule has 3 aromatic rings. The number of thioether (sulfide) groups is 2. The zero-order valence-corrected chi connectivity index (χ0v) is 23.4. The highest BCUT2D eigenvalue weighted by Gasteiger charge is 2.18. The molecule has 1 fully saturated rings. The van der Waals surface area contributed by atoms with Gasteiger partial charge in [-0.05, 0) is 60.0 Å². The second kappa shape index (κ2) is 14.1. The van der Waals surface area contributed by atoms with Gasteiger partial charge in [0.15, 0.2) is 18.1 Å². The van der Waals surface area contributed by atoms with Crippen molar-refractivity contribution >= 4 is 52.9 Å². The number of nitro groups is 1. The number of carbonyl (C=O) groups is 1. The van der Waals surface area contributed by atoms with E-state index in [4.69, 9.17) is 25.8 Å². The van der Waals surface area contributed by atoms with Gasteiger partial charge in [-0.3, -0.25) is 14.9 Å². The third kappa shape index (κ3) is 8.29. The summed E-state index contributed by atoms with van der Waals surface area (Å²) in [5.41, 5.74) is 5.01. The molecule has 0 radical (unpaired) electrons. The van der Waals surface area contributed by atoms with E-state index < -0.39 is 10.8 Å². The fourth-order valence-corrected chi connectivity index (χ4v) is 6.70. The van der Waals surface area contributed by atoms with Crippen LogP contribution in [0.1, 0.15) is 28.2 Å². The lowest BCUT2D eigenvalue weighted by Gasteiger charge is -2.14. The first-order valence-corrected chi connectivity index (χ1v) is 14.5. The molecule has 1 aliphatic rings. The number of non-ortho nitro benzene ring substituents is 1. The SMILES string of the molecule is CCOc1cc(/C=N\NC(=O)COc2ccc(C3SCCS3)cc2)cc(Cl)c1OCc1ccc([N+](=O)[O-])cc1. The van der Waals surface area contributed by atoms with Crippen molar-refractivity contribution in [2.75, 3.05) is 24.7 Å². The van der Waals surface area contributed by atoms with Crippen molar-refractivity contribution in [1.29, 1.82) is 0 Å². The predicted octanol–water partition coefficient (Wildman–Crippen LogP) is 6.23. The van der Waals surface area contributed by atoms with E-state index in [1.54, 1.807) is 24.3 Å². The summed E-state index contributed by atoms with van der Waals surface area (Å²) in [5.74, 6) is 3.27. The highest BCUT2D eigenvalue weighted by molar-refractivity contribution is 8.19. The lowest BCUT2D eigenvalue weighted by molar-refractivity contribution is -0.384. The molecule has 3 aromatic carbocycles. The molecule has 4 rings (SSSR count). The first kappa shape index (κ1) is 28.6. The van der Waals surface area contributed by atoms with Crippen LogP contribution in [0, 0.1) is 10.1 Å². The molecule has 12 heteroatoms. The Morgan fingerprint density at radius 2 is 1.82 bits per heavy atom. The van der Waals surface area contributed by atoms with Gasteiger partial charge in [0.05, 0.1) is 27.3 Å². The number of nitrogens with one attached hydrogen (secondary N) is 1. The summed E-state index contributed by atoms with van der Waals surface area (Å²) in [6.07, 6.45) is 1.44. The third-order valence-corrected chi connectivity index (χ3v) is 8.79. The van der Waals surface area contributed by atoms with Crippen LogP contribution >= 0.6 is 35.1 Å². The molecule has 204 valence electrons. The average molecular weight is 588 g/mol. The molecule has 1 amide bonds. The first-order chi connectivity index (χ1) is 18.9. The van der Waals surface area contributed by atoms with Crippen molar-refractivity contribution < 1.29 is 23.9 Å². The number of halogens is 1. The van der Waals surface area contributed by atoms with Crippen LogP contribution in [0.5, 0.6) is 17.2 Å². The Labute approximate surface area is 239 Å². The quantitative estimate of drug-likeness (QED) is 0.151. The van der Waals surface area contributed by atoms with E-state index in [-0.39, 0.29) is 23.9 Å². The van der Waals surface area contributed by atoms with Crippen LogP contribution < -0.4 is 19.6 Å². The molecule has 1 saturated heterocycles. The predicted molar refractivity (Wildman–Crippen MR) is 155 cm³/mol. The van der Waals surface area contributed by atoms with Crippen LogP contribution in [0.25, 0.3) is 0 Å². The maximum atomic E-state index is 12.2. The number of carbonyl (C=O) groups excluding carboxylic acids is 1. The van der Waals surface area contributed by atoms with Crippen LogP contribution in [0.15, 0.2) is 65.8 Å². The molecular weight excluding hydrogens is 562 g/mol. The van der Waals surface area contributed by atoms with Crippen LogP contribution in [0.4, 0.5) is 5.69 Å². The Morgan fingerprint density at radius 3 is 2.49 bits per heavy atom. The number of amides is 1. The Kier molecular flexibility index (Phi) is 10.3. The molecule has 9 nitrogen and oxygen atoms in total. The Balaban J connectivity index is 1.30. The second-order valence-electron chi connectivity index (χ2n) is 8.20. The smallest absolute Gasteiger partial charge is 0.277 e. The molecule has 0 spiro atoms. The van der Waals surface area contributed by atoms with Crippen molar-refractivity contribution in [1.82, 2.24) is 5.43 Å². The molecule has 0 atom stereocenters. The standard InChI is InChI=1S/C27H26ClN3O6S2/c1-2-35-24-14-19(13-23(28)26(24)37-16-18-3-7-21(8-4-18)31(33)34)15-29-30-25(32)17-36-22-9-5-20(6-10-22)27-38-11-12-39-27/h3-10,13-15,27H,2,11-12,16-17H2,1H3,(H,30,32)/b29-15-. The number of benzene rings is 3. The summed E-state index contributed by atoms with van der Waals surface area (Å²) < 4.78 is 17.6. The number of rotatable bonds is 12. The molecular formula is C27H26ClN3O6S2. The van der Waals surface area contributed by atoms with Gasteiger partial charge in [-0.15, -0.1) is 23.5 Å². The number of nitrogens with zero attached hydrogens (tertiary/aromatic N) is 2. The van der Waals surface area contributed by atoms with E-state index in [9.17, 15) is 14.9 Å². The molecule has 1 heterocycles. The summed E-state index contributed by atoms with van der Waals surface area (Å²) in [7, 11) is 0. The Morgan fingerprint density at radius 1 is 1.10 bits per heavy atom. The van der Waals surface area contributed by atoms with E-state index in [1.807, 2.05) is 54.7 Å². The van der Waals surface area contributed by atoms with Crippen molar-refractivity contribution in [3.8, 4) is 17.2 Å². The van der Waals surface area contributed by atoms with Gasteiger partial charge in [-0.1, -0.05) is 23.7 Å². The number of ether oxygens (including phenoxy) is 3. The van der Waals surface area contributed by atoms with E-state index in [1.165, 1.54) is 23.9 Å². The molecule has 0 unspecified atom stereocenters. The molecule has 39 heavy (non-hydrogen) atoms. The monoisotopic (exact) mass is 587 g/mol. The van der Waals surface area contributed by atoms with Crippen molar-refractivity contribution in [3.05, 3.63) is 92.5 Å². The van der Waals surface area contributed by atoms with Crippen LogP contribution in [0.3, 0.4) is 0 Å². The third-order valence-electron chi connectivity index (χ3n) is 5.41. The molecule has 1 N–H and O–H groups in total. The van der Waals surface area contributed by atoms with Crippen molar-refractivity contribution in [2.45, 2.75) is 18.1 Å². The van der Waals surface area contributed by atoms with E-state index in [2.05, 4.69) is 10.5 Å². The highest BCUT2D eigenvalue weighted by atomic mass is 35.5. The number of nitro benzene ring substituents is 1. The fourth-order valence-electron chi connectivity index (χ4n) is 3.57. The lowest BCUT2D eigenvalue weighted by Crippen LogP contribution is -2.24. The van der Waals surface area contributed by atoms with E-state index >= 15 is 0 Å². The van der Waals surface area contributed by atoms with Gasteiger partial charge < -0.3 is 14.2 Å². The molecule has 0 saturated carbocycles. The van der Waals surface area contributed by atoms with Crippen molar-refractivity contribution in [2.24, 2.45) is 5.10 Å². The maximum Gasteiger partial charge on any atom is 0.277 e. The normalized spacial score (nSPS) is 13.4. The van der Waals surface area contributed by atoms with Gasteiger partial charge in [0.25, 0.3) is 11.6 Å². The summed E-state index contributed by atoms with van der Waals surface area (Å²) in [6.45, 7) is 2.17. The van der Waals surface area contributed by atoms with Gasteiger partial charge in [0, 0.05) is 23.6 Å². The number of hydrazone groups is 1. The molecule has 0 aromatic heterocycles. The Hall–Kier alpha value is -3.41. The summed E-state index contributed by atoms with van der Waals surface area (Å²) in [4.78, 5) is 22.6. The minimum Gasteiger partial charge on any atom is -0.490 e. The van der Waals surface area contributed by atoms with E-state index in [0.29, 0.717) is 34.0 Å². The highest BCUT2D eigenvalue weighted by Crippen LogP contribution is 2.45. The van der Waals surface area contributed by atoms with Crippen LogP contribution in [0.2, 0.25) is 5.02 Å². The molecule has 0 aliphatic carbocycles. The lowest BCUT2D eigenvalue weighted by atomic mass is 10.2. The van der Waals surface area contributed by atoms with Gasteiger partial charge in [-0.2, -0.15) is 5.10 Å². The van der Waals surface area contributed by atoms with E-state index in [0.717, 1.165) is 17.1 Å². The van der Waals surface area contributed by atoms with Gasteiger partial charge in [0.2, 0.25) is 0 Å². The summed E-state index contributed by atoms with van der Waals surface area (Å²) in [5, 5.41) is 15.1. The molecule has 1 aliphatic heterocycles. The number of hydrogen-bond donors (Lipinski definition) is 1. The topological polar surface area (TPSA) is 112 Å². The largest absolute Gasteiger partial charge is 0.490 e. The van der Waals surface area contributed by atoms with Crippen molar-refractivity contribution in [3.63, 3.8) is 0 Å². The number of hydrogen-bond acceptors (Lipinski definition) is 9. The van der Waals surface area contributed by atoms with Gasteiger partial charge in [-0.25, -0.2) is 5.43 Å². The molecule has 0 bridgehead atoms. The van der Waals surface area contributed by atoms with Crippen LogP contribution in [-0.2, 0) is 11.4 Å². The Bertz CT molecular complexity index is 1320. The van der Waals surface area contributed by atoms with Crippen LogP contribution in [-0.4, -0.2) is 41.8 Å². The summed E-state index contributed by atoms with van der Waals surface area (Å²) in [6, 6.07) is 17.2. The zero-order valence-electron chi connectivity index (χ0n) is 21.0. The minimum absolute atomic E-state index is 0.000741. The van der Waals surface area contributed by atoms with Gasteiger partial charge in [0.1, 0.15) is 12.4 Å². The zero-order chi connectivity index (χ0) is 27.6. The average Bonchev–Trinajstić information content (AvgIpc) is 3.47. The fraction of sp³-hybridized carbons (Fsp3) is 0.259. The minimum atomic E-state index is -0.460.